The van der Waals surface area contributed by atoms with Gasteiger partial charge in [-0.3, -0.25) is 0 Å². The van der Waals surface area contributed by atoms with Gasteiger partial charge >= 0.3 is 0 Å². The second kappa shape index (κ2) is 3.28. The van der Waals surface area contributed by atoms with Gasteiger partial charge in [0.25, 0.3) is 0 Å². The summed E-state index contributed by atoms with van der Waals surface area (Å²) in [4.78, 5) is 0. The van der Waals surface area contributed by atoms with Crippen LogP contribution < -0.4 is 5.73 Å². The van der Waals surface area contributed by atoms with Crippen molar-refractivity contribution in [2.24, 2.45) is 11.7 Å². The average Bonchev–Trinajstić information content (AvgIpc) is 1.95. The molecule has 1 aliphatic rings. The van der Waals surface area contributed by atoms with Crippen LogP contribution in [0.15, 0.2) is 0 Å². The first kappa shape index (κ1) is 7.92. The lowest BCUT2D eigenvalue weighted by Crippen LogP contribution is -2.30. The van der Waals surface area contributed by atoms with E-state index in [1.54, 1.807) is 0 Å². The van der Waals surface area contributed by atoms with Crippen molar-refractivity contribution >= 4 is 0 Å². The van der Waals surface area contributed by atoms with E-state index in [1.807, 2.05) is 0 Å². The van der Waals surface area contributed by atoms with Crippen LogP contribution in [0.3, 0.4) is 0 Å². The van der Waals surface area contributed by atoms with Gasteiger partial charge in [0.05, 0.1) is 0 Å². The Hall–Kier alpha value is -0.180. The van der Waals surface area contributed by atoms with Crippen LogP contribution in [0.25, 0.3) is 0 Å². The highest BCUT2D eigenvalue weighted by atomic mass is 19.2. The first-order valence-corrected chi connectivity index (χ1v) is 3.72. The molecule has 1 aliphatic carbocycles. The Kier molecular flexibility index (Phi) is 2.60. The van der Waals surface area contributed by atoms with Gasteiger partial charge in [-0.05, 0) is 31.7 Å². The van der Waals surface area contributed by atoms with Crippen LogP contribution in [0.5, 0.6) is 0 Å². The minimum absolute atomic E-state index is 0.210. The molecule has 0 amide bonds. The summed E-state index contributed by atoms with van der Waals surface area (Å²) >= 11 is 0. The molecule has 0 aliphatic heterocycles. The number of hydrogen-bond donors (Lipinski definition) is 1. The molecule has 0 saturated heterocycles. The van der Waals surface area contributed by atoms with Gasteiger partial charge in [-0.2, -0.15) is 0 Å². The summed E-state index contributed by atoms with van der Waals surface area (Å²) < 4.78 is 25.1. The van der Waals surface area contributed by atoms with Crippen molar-refractivity contribution in [2.45, 2.75) is 31.6 Å². The predicted molar refractivity (Wildman–Crippen MR) is 36.2 cm³/mol. The summed E-state index contributed by atoms with van der Waals surface area (Å²) in [6.45, 7) is 0.493. The van der Waals surface area contributed by atoms with Gasteiger partial charge in [-0.1, -0.05) is 0 Å². The minimum atomic E-state index is -1.26. The van der Waals surface area contributed by atoms with E-state index >= 15 is 0 Å². The van der Waals surface area contributed by atoms with Crippen LogP contribution in [0, 0.1) is 5.92 Å². The van der Waals surface area contributed by atoms with Crippen molar-refractivity contribution in [3.63, 3.8) is 0 Å². The molecule has 0 bridgehead atoms. The first-order valence-electron chi connectivity index (χ1n) is 3.72. The van der Waals surface area contributed by atoms with E-state index < -0.39 is 12.3 Å². The zero-order valence-electron chi connectivity index (χ0n) is 5.89. The van der Waals surface area contributed by atoms with Gasteiger partial charge < -0.3 is 5.73 Å². The normalized spacial score (nSPS) is 41.7. The van der Waals surface area contributed by atoms with E-state index in [0.29, 0.717) is 19.4 Å². The molecule has 2 N–H and O–H groups in total. The van der Waals surface area contributed by atoms with Gasteiger partial charge in [0, 0.05) is 0 Å². The smallest absolute Gasteiger partial charge is 0.131 e. The van der Waals surface area contributed by atoms with Crippen LogP contribution >= 0.6 is 0 Å². The van der Waals surface area contributed by atoms with Gasteiger partial charge in [0.1, 0.15) is 12.3 Å². The second-order valence-electron chi connectivity index (χ2n) is 2.95. The lowest BCUT2D eigenvalue weighted by atomic mass is 9.87. The standard InChI is InChI=1S/C7H13F2N/c8-6-2-1-5(4-10)3-7(6)9/h5-7H,1-4,10H2. The largest absolute Gasteiger partial charge is 0.330 e. The van der Waals surface area contributed by atoms with E-state index in [0.717, 1.165) is 6.42 Å². The molecule has 60 valence electrons. The Labute approximate surface area is 59.6 Å². The molecule has 0 aromatic rings. The highest BCUT2D eigenvalue weighted by Gasteiger charge is 2.29. The van der Waals surface area contributed by atoms with E-state index in [-0.39, 0.29) is 5.92 Å². The molecule has 0 heterocycles. The van der Waals surface area contributed by atoms with Crippen LogP contribution in [0.2, 0.25) is 0 Å². The molecule has 0 aromatic heterocycles. The summed E-state index contributed by atoms with van der Waals surface area (Å²) in [6, 6.07) is 0. The van der Waals surface area contributed by atoms with E-state index in [9.17, 15) is 8.78 Å². The first-order chi connectivity index (χ1) is 4.74. The molecule has 1 fully saturated rings. The molecule has 3 heteroatoms. The maximum Gasteiger partial charge on any atom is 0.131 e. The summed E-state index contributed by atoms with van der Waals surface area (Å²) in [7, 11) is 0. The highest BCUT2D eigenvalue weighted by molar-refractivity contribution is 4.79. The number of hydrogen-bond acceptors (Lipinski definition) is 1. The molecule has 3 atom stereocenters. The topological polar surface area (TPSA) is 26.0 Å². The Balaban J connectivity index is 2.33. The lowest BCUT2D eigenvalue weighted by Gasteiger charge is -2.25. The Morgan fingerprint density at radius 2 is 1.90 bits per heavy atom. The van der Waals surface area contributed by atoms with Gasteiger partial charge in [0.15, 0.2) is 0 Å². The quantitative estimate of drug-likeness (QED) is 0.599. The average molecular weight is 149 g/mol. The minimum Gasteiger partial charge on any atom is -0.330 e. The molecule has 1 saturated carbocycles. The van der Waals surface area contributed by atoms with Crippen LogP contribution in [-0.4, -0.2) is 18.9 Å². The molecule has 1 nitrogen and oxygen atoms in total. The van der Waals surface area contributed by atoms with E-state index in [4.69, 9.17) is 5.73 Å². The van der Waals surface area contributed by atoms with Gasteiger partial charge in [-0.25, -0.2) is 8.78 Å². The third kappa shape index (κ3) is 1.66. The number of alkyl halides is 2. The molecule has 0 radical (unpaired) electrons. The van der Waals surface area contributed by atoms with Crippen molar-refractivity contribution in [2.75, 3.05) is 6.54 Å². The Bertz CT molecular complexity index is 108. The third-order valence-corrected chi connectivity index (χ3v) is 2.13. The van der Waals surface area contributed by atoms with Crippen molar-refractivity contribution in [3.8, 4) is 0 Å². The van der Waals surface area contributed by atoms with Crippen LogP contribution in [0.1, 0.15) is 19.3 Å². The fraction of sp³-hybridized carbons (Fsp3) is 1.00. The van der Waals surface area contributed by atoms with E-state index in [2.05, 4.69) is 0 Å². The highest BCUT2D eigenvalue weighted by Crippen LogP contribution is 2.27. The van der Waals surface area contributed by atoms with Crippen molar-refractivity contribution in [1.82, 2.24) is 0 Å². The Morgan fingerprint density at radius 1 is 1.20 bits per heavy atom. The molecular formula is C7H13F2N. The van der Waals surface area contributed by atoms with Crippen molar-refractivity contribution in [1.29, 1.82) is 0 Å². The second-order valence-corrected chi connectivity index (χ2v) is 2.95. The fourth-order valence-corrected chi connectivity index (χ4v) is 1.37. The number of halogens is 2. The third-order valence-electron chi connectivity index (χ3n) is 2.13. The summed E-state index contributed by atoms with van der Waals surface area (Å²) in [5, 5.41) is 0. The monoisotopic (exact) mass is 149 g/mol. The molecular weight excluding hydrogens is 136 g/mol. The predicted octanol–water partition coefficient (Wildman–Crippen LogP) is 1.42. The molecule has 0 spiro atoms. The van der Waals surface area contributed by atoms with E-state index in [1.165, 1.54) is 0 Å². The van der Waals surface area contributed by atoms with Crippen molar-refractivity contribution < 1.29 is 8.78 Å². The lowest BCUT2D eigenvalue weighted by molar-refractivity contribution is 0.0920. The molecule has 0 aromatic carbocycles. The van der Waals surface area contributed by atoms with Crippen LogP contribution in [-0.2, 0) is 0 Å². The zero-order valence-corrected chi connectivity index (χ0v) is 5.89. The number of rotatable bonds is 1. The SMILES string of the molecule is NCC1CCC(F)C(F)C1. The van der Waals surface area contributed by atoms with Gasteiger partial charge in [-0.15, -0.1) is 0 Å². The number of nitrogens with two attached hydrogens (primary N) is 1. The van der Waals surface area contributed by atoms with Crippen molar-refractivity contribution in [3.05, 3.63) is 0 Å². The molecule has 1 rings (SSSR count). The molecule has 3 unspecified atom stereocenters. The zero-order chi connectivity index (χ0) is 7.56. The summed E-state index contributed by atoms with van der Waals surface area (Å²) in [5.74, 6) is 0.210. The maximum atomic E-state index is 12.6. The summed E-state index contributed by atoms with van der Waals surface area (Å²) in [6.07, 6.45) is -1.08. The maximum absolute atomic E-state index is 12.6. The molecule has 10 heavy (non-hydrogen) atoms. The van der Waals surface area contributed by atoms with Crippen LogP contribution in [0.4, 0.5) is 8.78 Å². The Morgan fingerprint density at radius 3 is 2.40 bits per heavy atom. The summed E-state index contributed by atoms with van der Waals surface area (Å²) in [5.41, 5.74) is 5.32. The fourth-order valence-electron chi connectivity index (χ4n) is 1.37. The van der Waals surface area contributed by atoms with Gasteiger partial charge in [0.2, 0.25) is 0 Å².